The molecule has 1 aliphatic rings. The zero-order valence-electron chi connectivity index (χ0n) is 20.0. The van der Waals surface area contributed by atoms with Crippen LogP contribution < -0.4 is 0 Å². The van der Waals surface area contributed by atoms with Crippen LogP contribution in [0.2, 0.25) is 0 Å². The number of hydrogen-bond donors (Lipinski definition) is 4. The van der Waals surface area contributed by atoms with Crippen LogP contribution in [-0.4, -0.2) is 26.7 Å². The molecule has 184 valence electrons. The zero-order valence-corrected chi connectivity index (χ0v) is 20.0. The van der Waals surface area contributed by atoms with Gasteiger partial charge in [0.25, 0.3) is 0 Å². The van der Waals surface area contributed by atoms with Gasteiger partial charge >= 0.3 is 0 Å². The first-order valence-corrected chi connectivity index (χ1v) is 12.0. The maximum atomic E-state index is 10.8. The summed E-state index contributed by atoms with van der Waals surface area (Å²) in [6.45, 7) is 0. The van der Waals surface area contributed by atoms with Gasteiger partial charge < -0.3 is 20.4 Å². The third-order valence-electron chi connectivity index (χ3n) is 6.82. The van der Waals surface area contributed by atoms with E-state index in [1.807, 2.05) is 60.7 Å². The molecule has 37 heavy (non-hydrogen) atoms. The summed E-state index contributed by atoms with van der Waals surface area (Å²) in [6.07, 6.45) is 4.91. The molecule has 5 aromatic carbocycles. The Kier molecular flexibility index (Phi) is 6.38. The Hall–Kier alpha value is -4.61. The van der Waals surface area contributed by atoms with Crippen LogP contribution >= 0.6 is 0 Å². The van der Waals surface area contributed by atoms with Crippen LogP contribution in [0.5, 0.6) is 17.2 Å². The molecule has 1 atom stereocenters. The van der Waals surface area contributed by atoms with Gasteiger partial charge in [0.15, 0.2) is 6.29 Å². The van der Waals surface area contributed by atoms with Crippen LogP contribution in [0.4, 0.5) is 0 Å². The molecule has 0 saturated carbocycles. The van der Waals surface area contributed by atoms with Gasteiger partial charge in [0.05, 0.1) is 0 Å². The van der Waals surface area contributed by atoms with E-state index in [0.717, 1.165) is 39.1 Å². The molecule has 5 heteroatoms. The molecule has 5 nitrogen and oxygen atoms in total. The van der Waals surface area contributed by atoms with Crippen molar-refractivity contribution in [2.75, 3.05) is 0 Å². The summed E-state index contributed by atoms with van der Waals surface area (Å²) in [5.41, 5.74) is 1.83. The summed E-state index contributed by atoms with van der Waals surface area (Å²) in [4.78, 5) is 10.8. The molecular weight excluding hydrogens is 464 g/mol. The molecule has 5 aromatic rings. The predicted molar refractivity (Wildman–Crippen MR) is 146 cm³/mol. The van der Waals surface area contributed by atoms with Gasteiger partial charge in [-0.25, -0.2) is 0 Å². The first-order valence-electron chi connectivity index (χ1n) is 12.0. The van der Waals surface area contributed by atoms with Gasteiger partial charge in [-0.15, -0.1) is 0 Å². The monoisotopic (exact) mass is 490 g/mol. The zero-order chi connectivity index (χ0) is 26.0. The number of phenolic OH excluding ortho intramolecular Hbond substituents is 3. The first-order chi connectivity index (χ1) is 17.9. The highest BCUT2D eigenvalue weighted by molar-refractivity contribution is 5.93. The molecule has 4 N–H and O–H groups in total. The average Bonchev–Trinajstić information content (AvgIpc) is 2.93. The summed E-state index contributed by atoms with van der Waals surface area (Å²) >= 11 is 0. The van der Waals surface area contributed by atoms with Crippen molar-refractivity contribution < 1.29 is 25.2 Å². The third kappa shape index (κ3) is 4.53. The minimum Gasteiger partial charge on any atom is -0.507 e. The van der Waals surface area contributed by atoms with E-state index in [1.165, 1.54) is 6.07 Å². The first kappa shape index (κ1) is 24.1. The fourth-order valence-corrected chi connectivity index (χ4v) is 4.89. The molecule has 0 fully saturated rings. The lowest BCUT2D eigenvalue weighted by molar-refractivity contribution is -0.124. The number of fused-ring (bicyclic) bond motifs is 3. The van der Waals surface area contributed by atoms with E-state index in [4.69, 9.17) is 0 Å². The molecule has 6 rings (SSSR count). The lowest BCUT2D eigenvalue weighted by atomic mass is 9.84. The van der Waals surface area contributed by atoms with Gasteiger partial charge in [-0.05, 0) is 46.5 Å². The highest BCUT2D eigenvalue weighted by Gasteiger charge is 2.32. The van der Waals surface area contributed by atoms with Gasteiger partial charge in [0.1, 0.15) is 22.8 Å². The van der Waals surface area contributed by atoms with E-state index in [2.05, 4.69) is 0 Å². The van der Waals surface area contributed by atoms with Crippen molar-refractivity contribution in [3.63, 3.8) is 0 Å². The highest BCUT2D eigenvalue weighted by atomic mass is 16.3. The minimum absolute atomic E-state index is 0.0822. The minimum atomic E-state index is -1.48. The largest absolute Gasteiger partial charge is 0.507 e. The van der Waals surface area contributed by atoms with Crippen LogP contribution in [-0.2, 0) is 16.8 Å². The van der Waals surface area contributed by atoms with E-state index in [0.29, 0.717) is 28.9 Å². The van der Waals surface area contributed by atoms with Crippen molar-refractivity contribution in [1.82, 2.24) is 0 Å². The number of benzene rings is 5. The molecular formula is C32H26O5. The second kappa shape index (κ2) is 9.80. The van der Waals surface area contributed by atoms with Gasteiger partial charge in [-0.2, -0.15) is 0 Å². The van der Waals surface area contributed by atoms with Gasteiger partial charge in [-0.1, -0.05) is 84.9 Å². The maximum absolute atomic E-state index is 10.8. The van der Waals surface area contributed by atoms with E-state index in [9.17, 15) is 25.2 Å². The number of aromatic hydroxyl groups is 3. The Bertz CT molecular complexity index is 1570. The smallest absolute Gasteiger partial charge is 0.156 e. The molecule has 0 amide bonds. The molecule has 1 unspecified atom stereocenters. The van der Waals surface area contributed by atoms with Crippen LogP contribution in [0.15, 0.2) is 97.1 Å². The van der Waals surface area contributed by atoms with Crippen molar-refractivity contribution >= 4 is 33.9 Å². The van der Waals surface area contributed by atoms with Gasteiger partial charge in [0, 0.05) is 28.3 Å². The van der Waals surface area contributed by atoms with Crippen LogP contribution in [0.25, 0.3) is 27.6 Å². The van der Waals surface area contributed by atoms with E-state index >= 15 is 0 Å². The fourth-order valence-electron chi connectivity index (χ4n) is 4.89. The molecule has 0 aliphatic heterocycles. The van der Waals surface area contributed by atoms with Crippen LogP contribution in [0.1, 0.15) is 28.7 Å². The summed E-state index contributed by atoms with van der Waals surface area (Å²) in [5.74, 6) is 0.693. The number of hydrogen-bond acceptors (Lipinski definition) is 5. The fraction of sp³-hybridized carbons (Fsp3) is 0.0938. The number of carbonyl (C=O) groups is 1. The van der Waals surface area contributed by atoms with E-state index in [1.54, 1.807) is 36.4 Å². The summed E-state index contributed by atoms with van der Waals surface area (Å²) in [7, 11) is 0. The predicted octanol–water partition coefficient (Wildman–Crippen LogP) is 6.19. The van der Waals surface area contributed by atoms with Crippen molar-refractivity contribution in [2.45, 2.75) is 18.4 Å². The van der Waals surface area contributed by atoms with Crippen molar-refractivity contribution in [3.8, 4) is 17.2 Å². The van der Waals surface area contributed by atoms with Crippen molar-refractivity contribution in [1.29, 1.82) is 0 Å². The Morgan fingerprint density at radius 3 is 1.73 bits per heavy atom. The maximum Gasteiger partial charge on any atom is 0.156 e. The standard InChI is InChI=1S/C21H16O2.C11H10O3/c22-20-11-9-14(16-5-1-3-7-18(16)20)13-15-10-12-21(23)19-8-4-2-6-17(15)19;12-7-11(14)6-2-3-8-9(11)4-1-5-10(8)13/h1-12,22-23H,13H2;1-5,7,13-14H,6H2. The van der Waals surface area contributed by atoms with Gasteiger partial charge in [-0.3, -0.25) is 4.79 Å². The molecule has 0 heterocycles. The highest BCUT2D eigenvalue weighted by Crippen LogP contribution is 2.36. The molecule has 0 saturated heterocycles. The summed E-state index contributed by atoms with van der Waals surface area (Å²) in [5, 5.41) is 43.4. The topological polar surface area (TPSA) is 98.0 Å². The number of aliphatic hydroxyl groups is 1. The van der Waals surface area contributed by atoms with Crippen LogP contribution in [0, 0.1) is 0 Å². The second-order valence-corrected chi connectivity index (χ2v) is 9.14. The van der Waals surface area contributed by atoms with Crippen molar-refractivity contribution in [2.24, 2.45) is 0 Å². The van der Waals surface area contributed by atoms with E-state index in [-0.39, 0.29) is 12.2 Å². The number of carbonyl (C=O) groups excluding carboxylic acids is 1. The van der Waals surface area contributed by atoms with Crippen LogP contribution in [0.3, 0.4) is 0 Å². The molecule has 0 spiro atoms. The summed E-state index contributed by atoms with van der Waals surface area (Å²) < 4.78 is 0. The third-order valence-corrected chi connectivity index (χ3v) is 6.82. The molecule has 0 aromatic heterocycles. The second-order valence-electron chi connectivity index (χ2n) is 9.14. The average molecular weight is 491 g/mol. The summed E-state index contributed by atoms with van der Waals surface area (Å²) in [6, 6.07) is 28.0. The Balaban J connectivity index is 0.000000171. The normalized spacial score (nSPS) is 16.1. The lowest BCUT2D eigenvalue weighted by Crippen LogP contribution is -2.29. The molecule has 0 bridgehead atoms. The number of phenols is 3. The Labute approximate surface area is 214 Å². The SMILES string of the molecule is O=CC1(O)CC=Cc2c(O)cccc21.Oc1ccc(Cc2ccc(O)c3ccccc23)c2ccccc12. The molecule has 0 radical (unpaired) electrons. The number of rotatable bonds is 3. The Morgan fingerprint density at radius 1 is 0.649 bits per heavy atom. The number of aldehydes is 1. The van der Waals surface area contributed by atoms with Crippen molar-refractivity contribution in [3.05, 3.63) is 119 Å². The quantitative estimate of drug-likeness (QED) is 0.226. The lowest BCUT2D eigenvalue weighted by Gasteiger charge is -2.26. The van der Waals surface area contributed by atoms with E-state index < -0.39 is 5.60 Å². The molecule has 1 aliphatic carbocycles. The van der Waals surface area contributed by atoms with Gasteiger partial charge in [0.2, 0.25) is 0 Å². The Morgan fingerprint density at radius 2 is 1.19 bits per heavy atom.